The second kappa shape index (κ2) is 9.78. The van der Waals surface area contributed by atoms with Gasteiger partial charge in [-0.15, -0.1) is 0 Å². The average molecular weight is 476 g/mol. The molecule has 1 aromatic heterocycles. The molecule has 1 saturated carbocycles. The van der Waals surface area contributed by atoms with Crippen molar-refractivity contribution < 1.29 is 23.4 Å². The van der Waals surface area contributed by atoms with Crippen molar-refractivity contribution in [3.63, 3.8) is 0 Å². The van der Waals surface area contributed by atoms with Gasteiger partial charge >= 0.3 is 5.97 Å². The molecule has 182 valence electrons. The number of hydrogen-bond acceptors (Lipinski definition) is 5. The van der Waals surface area contributed by atoms with Crippen molar-refractivity contribution in [1.29, 1.82) is 0 Å². The minimum absolute atomic E-state index is 0.0824. The number of aromatic nitrogens is 1. The van der Waals surface area contributed by atoms with E-state index < -0.39 is 0 Å². The monoisotopic (exact) mass is 475 g/mol. The minimum atomic E-state index is -0.389. The number of ether oxygens (including phenoxy) is 3. The van der Waals surface area contributed by atoms with Crippen molar-refractivity contribution >= 4 is 5.97 Å². The smallest absolute Gasteiger partial charge is 0.309 e. The third kappa shape index (κ3) is 4.80. The molecule has 5 rings (SSSR count). The average Bonchev–Trinajstić information content (AvgIpc) is 3.73. The summed E-state index contributed by atoms with van der Waals surface area (Å²) in [6.45, 7) is 2.52. The third-order valence-corrected chi connectivity index (χ3v) is 7.33. The van der Waals surface area contributed by atoms with Gasteiger partial charge in [0.2, 0.25) is 5.88 Å². The number of benzene rings is 2. The van der Waals surface area contributed by atoms with Crippen LogP contribution in [-0.4, -0.2) is 25.2 Å². The number of methoxy groups -OCH3 is 2. The maximum absolute atomic E-state index is 14.3. The number of rotatable bonds is 7. The van der Waals surface area contributed by atoms with Gasteiger partial charge in [-0.25, -0.2) is 9.37 Å². The topological polar surface area (TPSA) is 57.7 Å². The summed E-state index contributed by atoms with van der Waals surface area (Å²) in [5.41, 5.74) is 5.92. The van der Waals surface area contributed by atoms with E-state index in [1.54, 1.807) is 6.07 Å². The number of pyridine rings is 1. The molecule has 0 N–H and O–H groups in total. The van der Waals surface area contributed by atoms with Crippen LogP contribution in [0.2, 0.25) is 0 Å². The lowest BCUT2D eigenvalue weighted by molar-refractivity contribution is -0.145. The second-order valence-corrected chi connectivity index (χ2v) is 9.54. The summed E-state index contributed by atoms with van der Waals surface area (Å²) in [5, 5.41) is 0. The summed E-state index contributed by atoms with van der Waals surface area (Å²) in [5.74, 6) is 0.392. The lowest BCUT2D eigenvalue weighted by Gasteiger charge is -2.28. The van der Waals surface area contributed by atoms with Crippen LogP contribution in [0.15, 0.2) is 54.7 Å². The zero-order valence-electron chi connectivity index (χ0n) is 20.3. The van der Waals surface area contributed by atoms with Gasteiger partial charge in [0.15, 0.2) is 0 Å². The molecule has 0 unspecified atom stereocenters. The fraction of sp³-hybridized carbons (Fsp3) is 0.379. The van der Waals surface area contributed by atoms with Crippen molar-refractivity contribution in [1.82, 2.24) is 4.98 Å². The van der Waals surface area contributed by atoms with Crippen LogP contribution in [0.5, 0.6) is 5.88 Å². The highest BCUT2D eigenvalue weighted by molar-refractivity contribution is 5.73. The van der Waals surface area contributed by atoms with Gasteiger partial charge in [-0.1, -0.05) is 49.4 Å². The van der Waals surface area contributed by atoms with E-state index >= 15 is 0 Å². The standard InChI is InChI=1S/C29H30FNO4/c1-17(29(32)34-3)28(20-8-9-20)21-10-11-22-16-35-26(13-23(22)12-21)19-6-4-18(5-7-19)24-14-27(33-2)31-15-25(24)30/h4-7,10-12,14-15,17,20,26,28H,8-9,13,16H2,1-3H3/t17-,26+,28-/m0/s1. The Morgan fingerprint density at radius 3 is 2.54 bits per heavy atom. The molecule has 1 aliphatic carbocycles. The van der Waals surface area contributed by atoms with Gasteiger partial charge in [0.1, 0.15) is 5.82 Å². The van der Waals surface area contributed by atoms with Gasteiger partial charge in [-0.05, 0) is 52.5 Å². The highest BCUT2D eigenvalue weighted by Crippen LogP contribution is 2.47. The molecule has 3 aromatic rings. The normalized spacial score (nSPS) is 18.9. The van der Waals surface area contributed by atoms with Crippen LogP contribution in [-0.2, 0) is 27.3 Å². The van der Waals surface area contributed by atoms with Gasteiger partial charge in [0.25, 0.3) is 0 Å². The molecule has 0 bridgehead atoms. The molecule has 1 fully saturated rings. The van der Waals surface area contributed by atoms with E-state index in [4.69, 9.17) is 14.2 Å². The number of hydrogen-bond donors (Lipinski definition) is 0. The first-order valence-corrected chi connectivity index (χ1v) is 12.1. The lowest BCUT2D eigenvalue weighted by Crippen LogP contribution is -2.23. The molecule has 35 heavy (non-hydrogen) atoms. The van der Waals surface area contributed by atoms with E-state index in [2.05, 4.69) is 23.2 Å². The van der Waals surface area contributed by atoms with Crippen molar-refractivity contribution in [2.24, 2.45) is 11.8 Å². The van der Waals surface area contributed by atoms with Crippen molar-refractivity contribution in [3.8, 4) is 17.0 Å². The Morgan fingerprint density at radius 2 is 1.86 bits per heavy atom. The van der Waals surface area contributed by atoms with Crippen molar-refractivity contribution in [3.05, 3.63) is 82.8 Å². The quantitative estimate of drug-likeness (QED) is 0.392. The van der Waals surface area contributed by atoms with Gasteiger partial charge < -0.3 is 14.2 Å². The fourth-order valence-electron chi connectivity index (χ4n) is 5.23. The second-order valence-electron chi connectivity index (χ2n) is 9.54. The van der Waals surface area contributed by atoms with Crippen LogP contribution >= 0.6 is 0 Å². The summed E-state index contributed by atoms with van der Waals surface area (Å²) in [7, 11) is 2.97. The first-order chi connectivity index (χ1) is 17.0. The highest BCUT2D eigenvalue weighted by atomic mass is 19.1. The Labute approximate surface area is 205 Å². The van der Waals surface area contributed by atoms with Crippen LogP contribution in [0, 0.1) is 17.7 Å². The van der Waals surface area contributed by atoms with E-state index in [1.165, 1.54) is 37.1 Å². The Balaban J connectivity index is 1.37. The van der Waals surface area contributed by atoms with Crippen LogP contribution in [0.3, 0.4) is 0 Å². The predicted molar refractivity (Wildman–Crippen MR) is 131 cm³/mol. The number of halogens is 1. The van der Waals surface area contributed by atoms with Crippen molar-refractivity contribution in [2.45, 2.75) is 44.8 Å². The van der Waals surface area contributed by atoms with Crippen LogP contribution in [0.1, 0.15) is 54.0 Å². The van der Waals surface area contributed by atoms with E-state index in [-0.39, 0.29) is 29.7 Å². The highest BCUT2D eigenvalue weighted by Gasteiger charge is 2.39. The lowest BCUT2D eigenvalue weighted by atomic mass is 9.81. The number of esters is 1. The summed E-state index contributed by atoms with van der Waals surface area (Å²) in [6, 6.07) is 16.0. The van der Waals surface area contributed by atoms with Crippen molar-refractivity contribution in [2.75, 3.05) is 14.2 Å². The molecule has 2 aliphatic rings. The molecule has 2 heterocycles. The van der Waals surface area contributed by atoms with Crippen LogP contribution in [0.4, 0.5) is 4.39 Å². The minimum Gasteiger partial charge on any atom is -0.481 e. The largest absolute Gasteiger partial charge is 0.481 e. The first-order valence-electron chi connectivity index (χ1n) is 12.1. The summed E-state index contributed by atoms with van der Waals surface area (Å²) >= 11 is 0. The first kappa shape index (κ1) is 23.5. The zero-order chi connectivity index (χ0) is 24.5. The van der Waals surface area contributed by atoms with E-state index in [1.807, 2.05) is 31.2 Å². The number of carbonyl (C=O) groups excluding carboxylic acids is 1. The molecular formula is C29H30FNO4. The number of fused-ring (bicyclic) bond motifs is 1. The maximum atomic E-state index is 14.3. The predicted octanol–water partition coefficient (Wildman–Crippen LogP) is 6.01. The maximum Gasteiger partial charge on any atom is 0.309 e. The molecule has 0 radical (unpaired) electrons. The molecule has 0 amide bonds. The third-order valence-electron chi connectivity index (χ3n) is 7.33. The molecule has 0 saturated heterocycles. The summed E-state index contributed by atoms with van der Waals surface area (Å²) < 4.78 is 30.7. The van der Waals surface area contributed by atoms with E-state index in [9.17, 15) is 9.18 Å². The fourth-order valence-corrected chi connectivity index (χ4v) is 5.23. The Kier molecular flexibility index (Phi) is 6.56. The number of carbonyl (C=O) groups is 1. The molecule has 0 spiro atoms. The van der Waals surface area contributed by atoms with Crippen LogP contribution < -0.4 is 4.74 Å². The SMILES string of the molecule is COC(=O)[C@@H](C)[C@H](c1ccc2c(c1)C[C@H](c1ccc(-c3cc(OC)ncc3F)cc1)OC2)C1CC1. The Morgan fingerprint density at radius 1 is 1.09 bits per heavy atom. The van der Waals surface area contributed by atoms with E-state index in [0.717, 1.165) is 30.4 Å². The number of nitrogens with zero attached hydrogens (tertiary/aromatic N) is 1. The molecular weight excluding hydrogens is 445 g/mol. The Bertz CT molecular complexity index is 1220. The summed E-state index contributed by atoms with van der Waals surface area (Å²) in [4.78, 5) is 16.2. The molecule has 5 nitrogen and oxygen atoms in total. The molecule has 3 atom stereocenters. The molecule has 6 heteroatoms. The van der Waals surface area contributed by atoms with Gasteiger partial charge in [0, 0.05) is 18.1 Å². The van der Waals surface area contributed by atoms with E-state index in [0.29, 0.717) is 24.0 Å². The zero-order valence-corrected chi connectivity index (χ0v) is 20.3. The van der Waals surface area contributed by atoms with Gasteiger partial charge in [0.05, 0.1) is 39.0 Å². The van der Waals surface area contributed by atoms with Gasteiger partial charge in [-0.2, -0.15) is 0 Å². The molecule has 2 aromatic carbocycles. The Hall–Kier alpha value is -3.25. The summed E-state index contributed by atoms with van der Waals surface area (Å²) in [6.07, 6.45) is 4.16. The molecule has 1 aliphatic heterocycles. The van der Waals surface area contributed by atoms with Gasteiger partial charge in [-0.3, -0.25) is 4.79 Å². The van der Waals surface area contributed by atoms with Crippen LogP contribution in [0.25, 0.3) is 11.1 Å².